The predicted octanol–water partition coefficient (Wildman–Crippen LogP) is 1.86. The molecule has 0 radical (unpaired) electrons. The van der Waals surface area contributed by atoms with Crippen molar-refractivity contribution in [3.63, 3.8) is 0 Å². The second kappa shape index (κ2) is 5.21. The van der Waals surface area contributed by atoms with Crippen molar-refractivity contribution in [1.82, 2.24) is 4.90 Å². The van der Waals surface area contributed by atoms with E-state index in [4.69, 9.17) is 10.00 Å². The predicted molar refractivity (Wildman–Crippen MR) is 57.1 cm³/mol. The van der Waals surface area contributed by atoms with Crippen molar-refractivity contribution in [2.45, 2.75) is 6.04 Å². The molecule has 17 heavy (non-hydrogen) atoms. The molecule has 1 aromatic rings. The second-order valence-corrected chi connectivity index (χ2v) is 3.82. The van der Waals surface area contributed by atoms with Gasteiger partial charge in [0.15, 0.2) is 11.6 Å². The first kappa shape index (κ1) is 12.0. The molecule has 0 aliphatic carbocycles. The van der Waals surface area contributed by atoms with Crippen LogP contribution in [0.25, 0.3) is 0 Å². The van der Waals surface area contributed by atoms with Gasteiger partial charge in [-0.2, -0.15) is 5.26 Å². The van der Waals surface area contributed by atoms with Crippen molar-refractivity contribution in [2.75, 3.05) is 26.3 Å². The molecule has 1 unspecified atom stereocenters. The van der Waals surface area contributed by atoms with Crippen LogP contribution in [0.5, 0.6) is 0 Å². The van der Waals surface area contributed by atoms with Crippen LogP contribution in [0, 0.1) is 23.0 Å². The zero-order valence-electron chi connectivity index (χ0n) is 9.20. The Balaban J connectivity index is 2.29. The van der Waals surface area contributed by atoms with Gasteiger partial charge < -0.3 is 4.74 Å². The molecule has 3 nitrogen and oxygen atoms in total. The molecule has 1 fully saturated rings. The first-order chi connectivity index (χ1) is 8.24. The van der Waals surface area contributed by atoms with Crippen LogP contribution in [0.4, 0.5) is 8.78 Å². The highest BCUT2D eigenvalue weighted by Gasteiger charge is 2.25. The molecule has 5 heteroatoms. The summed E-state index contributed by atoms with van der Waals surface area (Å²) in [6.07, 6.45) is 0. The molecule has 0 N–H and O–H groups in total. The fraction of sp³-hybridized carbons (Fsp3) is 0.417. The Hall–Kier alpha value is -1.51. The smallest absolute Gasteiger partial charge is 0.164 e. The lowest BCUT2D eigenvalue weighted by Crippen LogP contribution is -2.38. The van der Waals surface area contributed by atoms with Crippen molar-refractivity contribution >= 4 is 0 Å². The summed E-state index contributed by atoms with van der Waals surface area (Å²) in [5.41, 5.74) is 0.0920. The van der Waals surface area contributed by atoms with Gasteiger partial charge in [0.2, 0.25) is 0 Å². The van der Waals surface area contributed by atoms with Crippen molar-refractivity contribution < 1.29 is 13.5 Å². The van der Waals surface area contributed by atoms with E-state index in [9.17, 15) is 8.78 Å². The van der Waals surface area contributed by atoms with Gasteiger partial charge in [-0.1, -0.05) is 12.1 Å². The average molecular weight is 238 g/mol. The van der Waals surface area contributed by atoms with Gasteiger partial charge in [-0.3, -0.25) is 4.90 Å². The summed E-state index contributed by atoms with van der Waals surface area (Å²) in [5.74, 6) is -1.86. The Bertz CT molecular complexity index is 439. The molecule has 1 aliphatic rings. The Labute approximate surface area is 98.2 Å². The number of rotatable bonds is 2. The minimum atomic E-state index is -0.939. The summed E-state index contributed by atoms with van der Waals surface area (Å²) in [6, 6.07) is 5.17. The third-order valence-electron chi connectivity index (χ3n) is 2.81. The molecule has 1 aromatic carbocycles. The fourth-order valence-electron chi connectivity index (χ4n) is 1.92. The summed E-state index contributed by atoms with van der Waals surface area (Å²) in [4.78, 5) is 1.79. The van der Waals surface area contributed by atoms with E-state index in [1.165, 1.54) is 12.1 Å². The van der Waals surface area contributed by atoms with Gasteiger partial charge in [0.25, 0.3) is 0 Å². The highest BCUT2D eigenvalue weighted by atomic mass is 19.2. The number of nitriles is 1. The first-order valence-electron chi connectivity index (χ1n) is 5.39. The van der Waals surface area contributed by atoms with E-state index in [-0.39, 0.29) is 5.56 Å². The zero-order chi connectivity index (χ0) is 12.3. The second-order valence-electron chi connectivity index (χ2n) is 3.82. The van der Waals surface area contributed by atoms with Gasteiger partial charge in [-0.15, -0.1) is 0 Å². The fourth-order valence-corrected chi connectivity index (χ4v) is 1.92. The maximum absolute atomic E-state index is 13.6. The van der Waals surface area contributed by atoms with E-state index in [2.05, 4.69) is 0 Å². The molecular formula is C12H12F2N2O. The number of ether oxygens (including phenoxy) is 1. The minimum Gasteiger partial charge on any atom is -0.379 e. The lowest BCUT2D eigenvalue weighted by Gasteiger charge is -2.30. The SMILES string of the molecule is N#CC(c1cccc(F)c1F)N1CCOCC1. The Kier molecular flexibility index (Phi) is 3.67. The number of morpholine rings is 1. The van der Waals surface area contributed by atoms with E-state index in [1.807, 2.05) is 6.07 Å². The van der Waals surface area contributed by atoms with Gasteiger partial charge in [0.05, 0.1) is 19.3 Å². The van der Waals surface area contributed by atoms with E-state index in [0.717, 1.165) is 6.07 Å². The molecule has 1 saturated heterocycles. The summed E-state index contributed by atoms with van der Waals surface area (Å²) < 4.78 is 31.9. The van der Waals surface area contributed by atoms with E-state index in [0.29, 0.717) is 26.3 Å². The molecule has 0 spiro atoms. The molecule has 1 atom stereocenters. The molecular weight excluding hydrogens is 226 g/mol. The summed E-state index contributed by atoms with van der Waals surface area (Å²) in [5, 5.41) is 9.13. The normalized spacial score (nSPS) is 18.6. The van der Waals surface area contributed by atoms with Gasteiger partial charge in [-0.25, -0.2) is 8.78 Å². The Morgan fingerprint density at radius 2 is 2.00 bits per heavy atom. The van der Waals surface area contributed by atoms with E-state index >= 15 is 0 Å². The lowest BCUT2D eigenvalue weighted by molar-refractivity contribution is 0.0260. The molecule has 1 aliphatic heterocycles. The number of halogens is 2. The molecule has 0 bridgehead atoms. The Morgan fingerprint density at radius 1 is 1.29 bits per heavy atom. The monoisotopic (exact) mass is 238 g/mol. The molecule has 0 amide bonds. The average Bonchev–Trinajstić information content (AvgIpc) is 2.37. The highest BCUT2D eigenvalue weighted by molar-refractivity contribution is 5.27. The quantitative estimate of drug-likeness (QED) is 0.789. The zero-order valence-corrected chi connectivity index (χ0v) is 9.20. The summed E-state index contributed by atoms with van der Waals surface area (Å²) in [7, 11) is 0. The molecule has 0 saturated carbocycles. The standard InChI is InChI=1S/C12H12F2N2O/c13-10-3-1-2-9(12(10)14)11(8-15)16-4-6-17-7-5-16/h1-3,11H,4-7H2. The highest BCUT2D eigenvalue weighted by Crippen LogP contribution is 2.24. The van der Waals surface area contributed by atoms with Crippen LogP contribution in [0.15, 0.2) is 18.2 Å². The van der Waals surface area contributed by atoms with Crippen LogP contribution < -0.4 is 0 Å². The Morgan fingerprint density at radius 3 is 2.65 bits per heavy atom. The summed E-state index contributed by atoms with van der Waals surface area (Å²) >= 11 is 0. The maximum Gasteiger partial charge on any atom is 0.164 e. The number of hydrogen-bond donors (Lipinski definition) is 0. The van der Waals surface area contributed by atoms with Crippen molar-refractivity contribution in [2.24, 2.45) is 0 Å². The van der Waals surface area contributed by atoms with E-state index in [1.54, 1.807) is 4.90 Å². The number of nitrogens with zero attached hydrogens (tertiary/aromatic N) is 2. The van der Waals surface area contributed by atoms with Crippen molar-refractivity contribution in [1.29, 1.82) is 5.26 Å². The first-order valence-corrected chi connectivity index (χ1v) is 5.39. The number of benzene rings is 1. The number of hydrogen-bond acceptors (Lipinski definition) is 3. The van der Waals surface area contributed by atoms with Crippen molar-refractivity contribution in [3.8, 4) is 6.07 Å². The van der Waals surface area contributed by atoms with Crippen LogP contribution in [0.3, 0.4) is 0 Å². The van der Waals surface area contributed by atoms with Gasteiger partial charge in [0.1, 0.15) is 6.04 Å². The van der Waals surface area contributed by atoms with E-state index < -0.39 is 17.7 Å². The van der Waals surface area contributed by atoms with Crippen LogP contribution in [-0.4, -0.2) is 31.2 Å². The third kappa shape index (κ3) is 2.43. The maximum atomic E-state index is 13.6. The van der Waals surface area contributed by atoms with Crippen LogP contribution in [0.1, 0.15) is 11.6 Å². The lowest BCUT2D eigenvalue weighted by atomic mass is 10.1. The third-order valence-corrected chi connectivity index (χ3v) is 2.81. The van der Waals surface area contributed by atoms with Gasteiger partial charge in [-0.05, 0) is 6.07 Å². The largest absolute Gasteiger partial charge is 0.379 e. The van der Waals surface area contributed by atoms with Crippen LogP contribution in [0.2, 0.25) is 0 Å². The molecule has 0 aromatic heterocycles. The molecule has 1 heterocycles. The molecule has 2 rings (SSSR count). The summed E-state index contributed by atoms with van der Waals surface area (Å²) in [6.45, 7) is 2.12. The molecule has 90 valence electrons. The van der Waals surface area contributed by atoms with Crippen molar-refractivity contribution in [3.05, 3.63) is 35.4 Å². The topological polar surface area (TPSA) is 36.3 Å². The van der Waals surface area contributed by atoms with Gasteiger partial charge >= 0.3 is 0 Å². The van der Waals surface area contributed by atoms with Crippen LogP contribution in [-0.2, 0) is 4.74 Å². The van der Waals surface area contributed by atoms with Crippen LogP contribution >= 0.6 is 0 Å². The van der Waals surface area contributed by atoms with Gasteiger partial charge in [0, 0.05) is 18.7 Å². The minimum absolute atomic E-state index is 0.0920.